The highest BCUT2D eigenvalue weighted by atomic mass is 15.1. The molecule has 2 rings (SSSR count). The van der Waals surface area contributed by atoms with Crippen LogP contribution in [0.2, 0.25) is 0 Å². The van der Waals surface area contributed by atoms with Crippen LogP contribution in [0, 0.1) is 6.20 Å². The Bertz CT molecular complexity index is 249. The maximum absolute atomic E-state index is 3.86. The third kappa shape index (κ3) is 0.699. The van der Waals surface area contributed by atoms with Crippen molar-refractivity contribution in [2.45, 2.75) is 0 Å². The van der Waals surface area contributed by atoms with E-state index in [1.165, 1.54) is 0 Å². The number of aromatic amines is 2. The SMILES string of the molecule is [c]1n[nH]cc1-c1cnc[nH]1. The molecule has 0 bridgehead atoms. The molecular weight excluding hydrogens is 128 g/mol. The highest BCUT2D eigenvalue weighted by molar-refractivity contribution is 5.54. The second-order valence-electron chi connectivity index (χ2n) is 1.88. The summed E-state index contributed by atoms with van der Waals surface area (Å²) in [6.07, 6.45) is 7.86. The van der Waals surface area contributed by atoms with Crippen molar-refractivity contribution in [1.29, 1.82) is 0 Å². The Morgan fingerprint density at radius 3 is 3.10 bits per heavy atom. The molecule has 2 N–H and O–H groups in total. The van der Waals surface area contributed by atoms with Gasteiger partial charge in [-0.3, -0.25) is 5.10 Å². The highest BCUT2D eigenvalue weighted by Crippen LogP contribution is 2.10. The molecule has 0 aliphatic carbocycles. The van der Waals surface area contributed by atoms with Crippen LogP contribution in [0.3, 0.4) is 0 Å². The zero-order valence-corrected chi connectivity index (χ0v) is 5.13. The molecular formula is C6H5N4. The van der Waals surface area contributed by atoms with Crippen molar-refractivity contribution >= 4 is 0 Å². The van der Waals surface area contributed by atoms with E-state index in [1.54, 1.807) is 18.7 Å². The largest absolute Gasteiger partial charge is 0.345 e. The van der Waals surface area contributed by atoms with Gasteiger partial charge >= 0.3 is 0 Å². The van der Waals surface area contributed by atoms with E-state index in [0.29, 0.717) is 0 Å². The van der Waals surface area contributed by atoms with Crippen molar-refractivity contribution in [3.8, 4) is 11.3 Å². The van der Waals surface area contributed by atoms with Gasteiger partial charge in [-0.1, -0.05) is 0 Å². The molecule has 49 valence electrons. The fourth-order valence-electron chi connectivity index (χ4n) is 0.763. The lowest BCUT2D eigenvalue weighted by Crippen LogP contribution is -1.69. The average molecular weight is 133 g/mol. The molecule has 0 fully saturated rings. The van der Waals surface area contributed by atoms with E-state index in [0.717, 1.165) is 11.3 Å². The van der Waals surface area contributed by atoms with Crippen LogP contribution >= 0.6 is 0 Å². The van der Waals surface area contributed by atoms with Crippen LogP contribution in [-0.2, 0) is 0 Å². The minimum atomic E-state index is 0.900. The topological polar surface area (TPSA) is 57.4 Å². The van der Waals surface area contributed by atoms with Crippen molar-refractivity contribution in [3.05, 3.63) is 24.9 Å². The van der Waals surface area contributed by atoms with Crippen LogP contribution in [0.25, 0.3) is 11.3 Å². The zero-order valence-electron chi connectivity index (χ0n) is 5.13. The number of imidazole rings is 1. The predicted octanol–water partition coefficient (Wildman–Crippen LogP) is 0.600. The first-order valence-electron chi connectivity index (χ1n) is 2.87. The van der Waals surface area contributed by atoms with E-state index in [2.05, 4.69) is 26.4 Å². The lowest BCUT2D eigenvalue weighted by molar-refractivity contribution is 1.08. The van der Waals surface area contributed by atoms with Crippen molar-refractivity contribution < 1.29 is 0 Å². The quantitative estimate of drug-likeness (QED) is 0.598. The Kier molecular flexibility index (Phi) is 1.04. The molecule has 0 unspecified atom stereocenters. The summed E-state index contributed by atoms with van der Waals surface area (Å²) in [5.74, 6) is 0. The summed E-state index contributed by atoms with van der Waals surface area (Å²) in [4.78, 5) is 6.80. The summed E-state index contributed by atoms with van der Waals surface area (Å²) in [5.41, 5.74) is 1.83. The van der Waals surface area contributed by atoms with Gasteiger partial charge in [-0.2, -0.15) is 5.10 Å². The molecule has 1 radical (unpaired) electrons. The average Bonchev–Trinajstić information content (AvgIpc) is 2.59. The Balaban J connectivity index is 2.48. The lowest BCUT2D eigenvalue weighted by Gasteiger charge is -1.83. The molecule has 2 heterocycles. The summed E-state index contributed by atoms with van der Waals surface area (Å²) >= 11 is 0. The molecule has 4 heteroatoms. The number of nitrogens with zero attached hydrogens (tertiary/aromatic N) is 2. The third-order valence-corrected chi connectivity index (χ3v) is 1.24. The number of aromatic nitrogens is 4. The number of nitrogens with one attached hydrogen (secondary N) is 2. The third-order valence-electron chi connectivity index (χ3n) is 1.24. The fraction of sp³-hybridized carbons (Fsp3) is 0. The van der Waals surface area contributed by atoms with Gasteiger partial charge in [0, 0.05) is 11.8 Å². The number of hydrogen-bond acceptors (Lipinski definition) is 2. The van der Waals surface area contributed by atoms with Gasteiger partial charge in [0.15, 0.2) is 0 Å². The molecule has 0 amide bonds. The normalized spacial score (nSPS) is 10.0. The van der Waals surface area contributed by atoms with Gasteiger partial charge in [-0.05, 0) is 0 Å². The van der Waals surface area contributed by atoms with Crippen LogP contribution < -0.4 is 0 Å². The molecule has 0 atom stereocenters. The van der Waals surface area contributed by atoms with Gasteiger partial charge in [-0.25, -0.2) is 4.98 Å². The molecule has 0 saturated heterocycles. The van der Waals surface area contributed by atoms with E-state index in [1.807, 2.05) is 0 Å². The minimum Gasteiger partial charge on any atom is -0.345 e. The van der Waals surface area contributed by atoms with Gasteiger partial charge in [0.2, 0.25) is 0 Å². The highest BCUT2D eigenvalue weighted by Gasteiger charge is 1.97. The van der Waals surface area contributed by atoms with E-state index in [4.69, 9.17) is 0 Å². The van der Waals surface area contributed by atoms with E-state index in [-0.39, 0.29) is 0 Å². The van der Waals surface area contributed by atoms with Crippen molar-refractivity contribution in [2.24, 2.45) is 0 Å². The Labute approximate surface area is 57.3 Å². The molecule has 0 spiro atoms. The van der Waals surface area contributed by atoms with Crippen LogP contribution in [0.15, 0.2) is 18.7 Å². The molecule has 4 nitrogen and oxygen atoms in total. The number of rotatable bonds is 1. The summed E-state index contributed by atoms with van der Waals surface area (Å²) in [5, 5.41) is 6.35. The van der Waals surface area contributed by atoms with Crippen molar-refractivity contribution in [1.82, 2.24) is 20.2 Å². The van der Waals surface area contributed by atoms with E-state index >= 15 is 0 Å². The molecule has 0 aliphatic rings. The van der Waals surface area contributed by atoms with Crippen LogP contribution in [0.1, 0.15) is 0 Å². The molecule has 10 heavy (non-hydrogen) atoms. The minimum absolute atomic E-state index is 0.900. The monoisotopic (exact) mass is 133 g/mol. The summed E-state index contributed by atoms with van der Waals surface area (Å²) in [6.45, 7) is 0. The van der Waals surface area contributed by atoms with Gasteiger partial charge in [0.25, 0.3) is 0 Å². The predicted molar refractivity (Wildman–Crippen MR) is 35.0 cm³/mol. The molecule has 0 aliphatic heterocycles. The number of hydrogen-bond donors (Lipinski definition) is 2. The Hall–Kier alpha value is -1.58. The van der Waals surface area contributed by atoms with Crippen LogP contribution in [0.4, 0.5) is 0 Å². The maximum atomic E-state index is 3.86. The van der Waals surface area contributed by atoms with Crippen molar-refractivity contribution in [2.75, 3.05) is 0 Å². The van der Waals surface area contributed by atoms with Gasteiger partial charge < -0.3 is 4.98 Å². The first-order chi connectivity index (χ1) is 4.97. The molecule has 2 aromatic rings. The molecule has 0 aromatic carbocycles. The second-order valence-corrected chi connectivity index (χ2v) is 1.88. The van der Waals surface area contributed by atoms with Crippen molar-refractivity contribution in [3.63, 3.8) is 0 Å². The van der Waals surface area contributed by atoms with Gasteiger partial charge in [-0.15, -0.1) is 0 Å². The van der Waals surface area contributed by atoms with Crippen LogP contribution in [-0.4, -0.2) is 20.2 Å². The Morgan fingerprint density at radius 1 is 1.50 bits per heavy atom. The smallest absolute Gasteiger partial charge is 0.122 e. The van der Waals surface area contributed by atoms with Gasteiger partial charge in [0.1, 0.15) is 6.20 Å². The molecule has 0 saturated carbocycles. The zero-order chi connectivity index (χ0) is 6.81. The van der Waals surface area contributed by atoms with E-state index in [9.17, 15) is 0 Å². The first-order valence-corrected chi connectivity index (χ1v) is 2.87. The summed E-state index contributed by atoms with van der Waals surface area (Å²) in [7, 11) is 0. The second kappa shape index (κ2) is 1.98. The Morgan fingerprint density at radius 2 is 2.50 bits per heavy atom. The fourth-order valence-corrected chi connectivity index (χ4v) is 0.763. The van der Waals surface area contributed by atoms with E-state index < -0.39 is 0 Å². The lowest BCUT2D eigenvalue weighted by atomic mass is 10.3. The van der Waals surface area contributed by atoms with Gasteiger partial charge in [0.05, 0.1) is 18.2 Å². The molecule has 2 aromatic heterocycles. The summed E-state index contributed by atoms with van der Waals surface area (Å²) < 4.78 is 0. The summed E-state index contributed by atoms with van der Waals surface area (Å²) in [6, 6.07) is 0. The maximum Gasteiger partial charge on any atom is 0.122 e. The number of H-pyrrole nitrogens is 2. The standard InChI is InChI=1S/C6H5N4/c1-5(2-10-9-1)6-3-7-4-8-6/h1,3-4H,(H,7,8)(H,9,10). The first kappa shape index (κ1) is 5.22. The van der Waals surface area contributed by atoms with Crippen LogP contribution in [0.5, 0.6) is 0 Å².